The van der Waals surface area contributed by atoms with Crippen LogP contribution in [0.3, 0.4) is 0 Å². The molecule has 4 amide bonds. The van der Waals surface area contributed by atoms with Crippen LogP contribution in [0.15, 0.2) is 4.99 Å². The number of nitrogens with one attached hydrogen (secondary N) is 3. The zero-order chi connectivity index (χ0) is 27.0. The lowest BCUT2D eigenvalue weighted by atomic mass is 10.1. The summed E-state index contributed by atoms with van der Waals surface area (Å²) in [5, 5.41) is 26.0. The van der Waals surface area contributed by atoms with Gasteiger partial charge in [0.1, 0.15) is 18.1 Å². The van der Waals surface area contributed by atoms with Crippen molar-refractivity contribution < 1.29 is 34.2 Å². The average molecular weight is 521 g/mol. The number of carboxylic acid groups (broad SMARTS) is 1. The molecule has 4 unspecified atom stereocenters. The van der Waals surface area contributed by atoms with Crippen molar-refractivity contribution >= 4 is 47.3 Å². The van der Waals surface area contributed by atoms with E-state index in [1.54, 1.807) is 6.26 Å². The highest BCUT2D eigenvalue weighted by atomic mass is 32.2. The SMILES string of the molecule is CSCCC(NC(=O)C(CCCN=C(N)N)NC(=O)C(CO)NC(=O)C(N)CCC(N)=O)C(=O)O. The van der Waals surface area contributed by atoms with Gasteiger partial charge in [0.05, 0.1) is 12.6 Å². The van der Waals surface area contributed by atoms with E-state index in [0.29, 0.717) is 5.75 Å². The minimum absolute atomic E-state index is 0.0352. The molecule has 200 valence electrons. The number of nitrogens with zero attached hydrogens (tertiary/aromatic N) is 1. The summed E-state index contributed by atoms with van der Waals surface area (Å²) in [4.78, 5) is 63.8. The van der Waals surface area contributed by atoms with Crippen LogP contribution in [0.5, 0.6) is 0 Å². The Morgan fingerprint density at radius 1 is 0.886 bits per heavy atom. The summed E-state index contributed by atoms with van der Waals surface area (Å²) in [5.74, 6) is -4.04. The van der Waals surface area contributed by atoms with Crippen LogP contribution in [0.2, 0.25) is 0 Å². The summed E-state index contributed by atoms with van der Waals surface area (Å²) in [7, 11) is 0. The smallest absolute Gasteiger partial charge is 0.326 e. The minimum atomic E-state index is -1.46. The molecule has 35 heavy (non-hydrogen) atoms. The first-order chi connectivity index (χ1) is 16.4. The second-order valence-corrected chi connectivity index (χ2v) is 8.53. The van der Waals surface area contributed by atoms with Crippen molar-refractivity contribution in [3.8, 4) is 0 Å². The molecule has 4 atom stereocenters. The first kappa shape index (κ1) is 31.9. The average Bonchev–Trinajstić information content (AvgIpc) is 2.79. The fourth-order valence-electron chi connectivity index (χ4n) is 2.71. The highest BCUT2D eigenvalue weighted by Crippen LogP contribution is 2.05. The van der Waals surface area contributed by atoms with Gasteiger partial charge in [0.2, 0.25) is 23.6 Å². The number of aliphatic imine (C=N–C) groups is 1. The Morgan fingerprint density at radius 2 is 1.46 bits per heavy atom. The maximum absolute atomic E-state index is 12.8. The number of nitrogens with two attached hydrogens (primary N) is 4. The number of aliphatic carboxylic acids is 1. The first-order valence-electron chi connectivity index (χ1n) is 10.8. The van der Waals surface area contributed by atoms with Crippen molar-refractivity contribution in [2.75, 3.05) is 25.2 Å². The lowest BCUT2D eigenvalue weighted by Crippen LogP contribution is -2.58. The molecule has 0 saturated heterocycles. The molecule has 0 aromatic rings. The van der Waals surface area contributed by atoms with Gasteiger partial charge >= 0.3 is 5.97 Å². The van der Waals surface area contributed by atoms with Crippen LogP contribution in [0, 0.1) is 0 Å². The number of rotatable bonds is 18. The second kappa shape index (κ2) is 17.3. The van der Waals surface area contributed by atoms with Crippen LogP contribution in [0.4, 0.5) is 0 Å². The lowest BCUT2D eigenvalue weighted by molar-refractivity contribution is -0.142. The van der Waals surface area contributed by atoms with Crippen LogP contribution in [0.1, 0.15) is 32.1 Å². The van der Waals surface area contributed by atoms with Gasteiger partial charge in [-0.2, -0.15) is 11.8 Å². The second-order valence-electron chi connectivity index (χ2n) is 7.55. The predicted molar refractivity (Wildman–Crippen MR) is 130 cm³/mol. The van der Waals surface area contributed by atoms with Gasteiger partial charge in [-0.1, -0.05) is 0 Å². The number of carboxylic acids is 1. The Balaban J connectivity index is 5.34. The van der Waals surface area contributed by atoms with Crippen molar-refractivity contribution in [3.63, 3.8) is 0 Å². The van der Waals surface area contributed by atoms with Crippen LogP contribution in [0.25, 0.3) is 0 Å². The number of primary amides is 1. The molecule has 0 aromatic heterocycles. The van der Waals surface area contributed by atoms with Gasteiger partial charge in [-0.3, -0.25) is 24.2 Å². The third kappa shape index (κ3) is 14.0. The van der Waals surface area contributed by atoms with Crippen LogP contribution in [-0.4, -0.2) is 95.1 Å². The molecule has 0 bridgehead atoms. The molecule has 0 radical (unpaired) electrons. The molecule has 0 rings (SSSR count). The molecule has 16 heteroatoms. The summed E-state index contributed by atoms with van der Waals surface area (Å²) >= 11 is 1.41. The molecule has 0 fully saturated rings. The molecule has 0 aromatic carbocycles. The third-order valence-corrected chi connectivity index (χ3v) is 5.30. The van der Waals surface area contributed by atoms with E-state index >= 15 is 0 Å². The summed E-state index contributed by atoms with van der Waals surface area (Å²) in [6.45, 7) is -0.667. The normalized spacial score (nSPS) is 14.0. The van der Waals surface area contributed by atoms with Crippen molar-refractivity contribution in [3.05, 3.63) is 0 Å². The van der Waals surface area contributed by atoms with Crippen LogP contribution < -0.4 is 38.9 Å². The number of carbonyl (C=O) groups is 5. The Labute approximate surface area is 207 Å². The molecular formula is C19H36N8O7S. The molecular weight excluding hydrogens is 484 g/mol. The van der Waals surface area contributed by atoms with Crippen molar-refractivity contribution in [2.24, 2.45) is 27.9 Å². The van der Waals surface area contributed by atoms with Crippen LogP contribution >= 0.6 is 11.8 Å². The van der Waals surface area contributed by atoms with E-state index in [9.17, 15) is 34.2 Å². The topological polar surface area (TPSA) is 278 Å². The van der Waals surface area contributed by atoms with E-state index in [4.69, 9.17) is 22.9 Å². The lowest BCUT2D eigenvalue weighted by Gasteiger charge is -2.24. The summed E-state index contributed by atoms with van der Waals surface area (Å²) < 4.78 is 0. The number of hydrogen-bond acceptors (Lipinski definition) is 9. The number of hydrogen-bond donors (Lipinski definition) is 9. The Morgan fingerprint density at radius 3 is 1.97 bits per heavy atom. The highest BCUT2D eigenvalue weighted by molar-refractivity contribution is 7.98. The van der Waals surface area contributed by atoms with Crippen molar-refractivity contribution in [1.82, 2.24) is 16.0 Å². The van der Waals surface area contributed by atoms with E-state index < -0.39 is 60.4 Å². The summed E-state index contributed by atoms with van der Waals surface area (Å²) in [6, 6.07) is -5.00. The van der Waals surface area contributed by atoms with Gasteiger partial charge in [-0.15, -0.1) is 0 Å². The molecule has 0 aliphatic heterocycles. The zero-order valence-corrected chi connectivity index (χ0v) is 20.4. The van der Waals surface area contributed by atoms with Crippen LogP contribution in [-0.2, 0) is 24.0 Å². The predicted octanol–water partition coefficient (Wildman–Crippen LogP) is -4.08. The van der Waals surface area contributed by atoms with Gasteiger partial charge in [0.25, 0.3) is 0 Å². The fraction of sp³-hybridized carbons (Fsp3) is 0.684. The molecule has 0 spiro atoms. The number of guanidine groups is 1. The number of aliphatic hydroxyl groups excluding tert-OH is 1. The fourth-order valence-corrected chi connectivity index (χ4v) is 3.18. The van der Waals surface area contributed by atoms with Crippen molar-refractivity contribution in [2.45, 2.75) is 56.3 Å². The quantitative estimate of drug-likeness (QED) is 0.0475. The zero-order valence-electron chi connectivity index (χ0n) is 19.6. The van der Waals surface area contributed by atoms with E-state index in [-0.39, 0.29) is 44.6 Å². The number of amides is 4. The molecule has 0 aliphatic rings. The Kier molecular flexibility index (Phi) is 15.8. The van der Waals surface area contributed by atoms with E-state index in [0.717, 1.165) is 0 Å². The van der Waals surface area contributed by atoms with Gasteiger partial charge in [-0.05, 0) is 37.7 Å². The number of aliphatic hydroxyl groups is 1. The number of thioether (sulfide) groups is 1. The summed E-state index contributed by atoms with van der Waals surface area (Å²) in [5.41, 5.74) is 21.2. The van der Waals surface area contributed by atoms with Crippen molar-refractivity contribution in [1.29, 1.82) is 0 Å². The minimum Gasteiger partial charge on any atom is -0.480 e. The first-order valence-corrected chi connectivity index (χ1v) is 12.1. The van der Waals surface area contributed by atoms with E-state index in [1.165, 1.54) is 11.8 Å². The molecule has 0 heterocycles. The molecule has 15 nitrogen and oxygen atoms in total. The standard InChI is InChI=1S/C19H36N8O7S/c1-35-8-6-12(18(33)34)26-16(31)11(3-2-7-24-19(22)23)25-17(32)13(9-28)27-15(30)10(20)4-5-14(21)29/h10-13,28H,2-9,20H2,1H3,(H2,21,29)(H,25,32)(H,26,31)(H,27,30)(H,33,34)(H4,22,23,24). The molecule has 0 saturated carbocycles. The van der Waals surface area contributed by atoms with Gasteiger partial charge in [0, 0.05) is 13.0 Å². The highest BCUT2D eigenvalue weighted by Gasteiger charge is 2.29. The monoisotopic (exact) mass is 520 g/mol. The summed E-state index contributed by atoms with van der Waals surface area (Å²) in [6.07, 6.45) is 2.03. The van der Waals surface area contributed by atoms with Gasteiger partial charge < -0.3 is 49.1 Å². The largest absolute Gasteiger partial charge is 0.480 e. The Hall–Kier alpha value is -3.11. The van der Waals surface area contributed by atoms with E-state index in [1.807, 2.05) is 0 Å². The molecule has 13 N–H and O–H groups in total. The van der Waals surface area contributed by atoms with Gasteiger partial charge in [0.15, 0.2) is 5.96 Å². The van der Waals surface area contributed by atoms with Gasteiger partial charge in [-0.25, -0.2) is 4.79 Å². The number of carbonyl (C=O) groups excluding carboxylic acids is 4. The molecule has 0 aliphatic carbocycles. The van der Waals surface area contributed by atoms with E-state index in [2.05, 4.69) is 20.9 Å². The maximum Gasteiger partial charge on any atom is 0.326 e. The Bertz CT molecular complexity index is 763. The third-order valence-electron chi connectivity index (χ3n) is 4.66. The maximum atomic E-state index is 12.8.